The summed E-state index contributed by atoms with van der Waals surface area (Å²) in [4.78, 5) is 0. The summed E-state index contributed by atoms with van der Waals surface area (Å²) in [5.41, 5.74) is 1.49. The van der Waals surface area contributed by atoms with E-state index in [0.717, 1.165) is 12.0 Å². The van der Waals surface area contributed by atoms with Crippen LogP contribution in [0.25, 0.3) is 0 Å². The minimum absolute atomic E-state index is 0.0340. The maximum Gasteiger partial charge on any atom is 0.126 e. The SMILES string of the molecule is Fc1ccccc1CCC12CC(I)(C1)C2. The van der Waals surface area contributed by atoms with E-state index in [1.165, 1.54) is 25.7 Å². The van der Waals surface area contributed by atoms with Gasteiger partial charge in [0.25, 0.3) is 0 Å². The third-order valence-electron chi connectivity index (χ3n) is 3.96. The number of benzene rings is 1. The van der Waals surface area contributed by atoms with Crippen molar-refractivity contribution in [2.75, 3.05) is 0 Å². The molecule has 4 rings (SSSR count). The lowest BCUT2D eigenvalue weighted by Crippen LogP contribution is -2.63. The molecular formula is C13H14FI. The zero-order valence-electron chi connectivity index (χ0n) is 8.60. The summed E-state index contributed by atoms with van der Waals surface area (Å²) in [5, 5.41) is 0. The highest BCUT2D eigenvalue weighted by atomic mass is 127. The molecule has 0 atom stereocenters. The van der Waals surface area contributed by atoms with Crippen molar-refractivity contribution in [3.63, 3.8) is 0 Å². The second-order valence-corrected chi connectivity index (χ2v) is 7.56. The Morgan fingerprint density at radius 2 is 1.87 bits per heavy atom. The Morgan fingerprint density at radius 1 is 1.20 bits per heavy atom. The number of hydrogen-bond acceptors (Lipinski definition) is 0. The normalized spacial score (nSPS) is 36.9. The Bertz CT molecular complexity index is 380. The zero-order chi connectivity index (χ0) is 10.5. The summed E-state index contributed by atoms with van der Waals surface area (Å²) in [7, 11) is 0. The minimum atomic E-state index is -0.0340. The number of aryl methyl sites for hydroxylation is 1. The van der Waals surface area contributed by atoms with Crippen molar-refractivity contribution in [3.8, 4) is 0 Å². The van der Waals surface area contributed by atoms with E-state index in [1.54, 1.807) is 12.1 Å². The molecule has 0 radical (unpaired) electrons. The van der Waals surface area contributed by atoms with E-state index in [2.05, 4.69) is 22.6 Å². The molecule has 0 aromatic heterocycles. The van der Waals surface area contributed by atoms with Gasteiger partial charge in [-0.1, -0.05) is 40.8 Å². The fourth-order valence-electron chi connectivity index (χ4n) is 3.23. The predicted octanol–water partition coefficient (Wildman–Crippen LogP) is 4.12. The van der Waals surface area contributed by atoms with E-state index in [4.69, 9.17) is 0 Å². The molecule has 0 amide bonds. The molecule has 0 heterocycles. The number of halogens is 2. The van der Waals surface area contributed by atoms with Crippen molar-refractivity contribution < 1.29 is 4.39 Å². The van der Waals surface area contributed by atoms with Crippen LogP contribution in [0.2, 0.25) is 0 Å². The van der Waals surface area contributed by atoms with Gasteiger partial charge in [0, 0.05) is 3.42 Å². The van der Waals surface area contributed by atoms with Crippen molar-refractivity contribution in [3.05, 3.63) is 35.6 Å². The molecule has 0 saturated heterocycles. The van der Waals surface area contributed by atoms with Gasteiger partial charge < -0.3 is 0 Å². The lowest BCUT2D eigenvalue weighted by atomic mass is 9.43. The summed E-state index contributed by atoms with van der Waals surface area (Å²) in [5.74, 6) is -0.0340. The van der Waals surface area contributed by atoms with Gasteiger partial charge in [-0.05, 0) is 49.1 Å². The lowest BCUT2D eigenvalue weighted by Gasteiger charge is -2.68. The van der Waals surface area contributed by atoms with Gasteiger partial charge in [-0.25, -0.2) is 4.39 Å². The molecule has 3 saturated carbocycles. The van der Waals surface area contributed by atoms with Crippen LogP contribution < -0.4 is 0 Å². The second-order valence-electron chi connectivity index (χ2n) is 5.27. The largest absolute Gasteiger partial charge is 0.207 e. The molecule has 80 valence electrons. The number of rotatable bonds is 3. The Labute approximate surface area is 103 Å². The second kappa shape index (κ2) is 3.19. The third kappa shape index (κ3) is 1.61. The summed E-state index contributed by atoms with van der Waals surface area (Å²) in [6.07, 6.45) is 6.21. The average Bonchev–Trinajstić information content (AvgIpc) is 2.11. The van der Waals surface area contributed by atoms with E-state index in [0.29, 0.717) is 8.84 Å². The Kier molecular flexibility index (Phi) is 2.14. The molecular weight excluding hydrogens is 302 g/mol. The Balaban J connectivity index is 1.61. The van der Waals surface area contributed by atoms with Crippen LogP contribution in [0.15, 0.2) is 24.3 Å². The first-order valence-electron chi connectivity index (χ1n) is 5.53. The monoisotopic (exact) mass is 316 g/mol. The summed E-state index contributed by atoms with van der Waals surface area (Å²) >= 11 is 2.59. The van der Waals surface area contributed by atoms with Crippen LogP contribution in [0, 0.1) is 11.2 Å². The van der Waals surface area contributed by atoms with Crippen LogP contribution in [0.3, 0.4) is 0 Å². The molecule has 0 spiro atoms. The van der Waals surface area contributed by atoms with Gasteiger partial charge in [-0.3, -0.25) is 0 Å². The fraction of sp³-hybridized carbons (Fsp3) is 0.538. The highest BCUT2D eigenvalue weighted by Crippen LogP contribution is 2.73. The summed E-state index contributed by atoms with van der Waals surface area (Å²) < 4.78 is 14.0. The van der Waals surface area contributed by atoms with Crippen LogP contribution in [0.4, 0.5) is 4.39 Å². The van der Waals surface area contributed by atoms with Gasteiger partial charge in [0.2, 0.25) is 0 Å². The van der Waals surface area contributed by atoms with Crippen molar-refractivity contribution in [1.82, 2.24) is 0 Å². The van der Waals surface area contributed by atoms with Crippen LogP contribution in [0.5, 0.6) is 0 Å². The maximum absolute atomic E-state index is 13.4. The van der Waals surface area contributed by atoms with Crippen LogP contribution >= 0.6 is 22.6 Å². The molecule has 3 aliphatic rings. The van der Waals surface area contributed by atoms with Gasteiger partial charge in [0.05, 0.1) is 0 Å². The molecule has 1 aromatic carbocycles. The molecule has 2 heteroatoms. The smallest absolute Gasteiger partial charge is 0.126 e. The molecule has 3 aliphatic carbocycles. The molecule has 0 nitrogen and oxygen atoms in total. The lowest BCUT2D eigenvalue weighted by molar-refractivity contribution is -0.0691. The molecule has 0 N–H and O–H groups in total. The van der Waals surface area contributed by atoms with Crippen LogP contribution in [-0.4, -0.2) is 3.42 Å². The first-order valence-corrected chi connectivity index (χ1v) is 6.61. The molecule has 0 unspecified atom stereocenters. The van der Waals surface area contributed by atoms with E-state index in [-0.39, 0.29) is 5.82 Å². The fourth-order valence-corrected chi connectivity index (χ4v) is 5.65. The van der Waals surface area contributed by atoms with E-state index >= 15 is 0 Å². The topological polar surface area (TPSA) is 0 Å². The maximum atomic E-state index is 13.4. The van der Waals surface area contributed by atoms with E-state index in [9.17, 15) is 4.39 Å². The average molecular weight is 316 g/mol. The van der Waals surface area contributed by atoms with Crippen molar-refractivity contribution >= 4 is 22.6 Å². The molecule has 1 aromatic rings. The van der Waals surface area contributed by atoms with Crippen molar-refractivity contribution in [2.24, 2.45) is 5.41 Å². The van der Waals surface area contributed by atoms with Crippen molar-refractivity contribution in [2.45, 2.75) is 35.5 Å². The summed E-state index contributed by atoms with van der Waals surface area (Å²) in [6.45, 7) is 0. The molecule has 0 aliphatic heterocycles. The zero-order valence-corrected chi connectivity index (χ0v) is 10.8. The highest BCUT2D eigenvalue weighted by Gasteiger charge is 2.65. The molecule has 15 heavy (non-hydrogen) atoms. The Morgan fingerprint density at radius 3 is 2.47 bits per heavy atom. The Hall–Kier alpha value is -0.120. The molecule has 2 bridgehead atoms. The first-order chi connectivity index (χ1) is 7.11. The van der Waals surface area contributed by atoms with Crippen LogP contribution in [0.1, 0.15) is 31.2 Å². The van der Waals surface area contributed by atoms with E-state index in [1.807, 2.05) is 12.1 Å². The van der Waals surface area contributed by atoms with Gasteiger partial charge in [-0.2, -0.15) is 0 Å². The highest BCUT2D eigenvalue weighted by molar-refractivity contribution is 14.1. The van der Waals surface area contributed by atoms with Crippen LogP contribution in [-0.2, 0) is 6.42 Å². The first kappa shape index (κ1) is 10.1. The van der Waals surface area contributed by atoms with Crippen molar-refractivity contribution in [1.29, 1.82) is 0 Å². The van der Waals surface area contributed by atoms with E-state index < -0.39 is 0 Å². The predicted molar refractivity (Wildman–Crippen MR) is 67.8 cm³/mol. The third-order valence-corrected chi connectivity index (χ3v) is 5.10. The standard InChI is InChI=1S/C13H14FI/c14-11-4-2-1-3-10(11)5-6-12-7-13(15,8-12)9-12/h1-4H,5-9H2. The molecule has 3 fully saturated rings. The number of hydrogen-bond donors (Lipinski definition) is 0. The quantitative estimate of drug-likeness (QED) is 0.581. The van der Waals surface area contributed by atoms with Gasteiger partial charge in [0.1, 0.15) is 5.82 Å². The number of alkyl halides is 1. The van der Waals surface area contributed by atoms with Gasteiger partial charge in [-0.15, -0.1) is 0 Å². The van der Waals surface area contributed by atoms with Gasteiger partial charge >= 0.3 is 0 Å². The summed E-state index contributed by atoms with van der Waals surface area (Å²) in [6, 6.07) is 7.18. The van der Waals surface area contributed by atoms with Gasteiger partial charge in [0.15, 0.2) is 0 Å². The minimum Gasteiger partial charge on any atom is -0.207 e.